The highest BCUT2D eigenvalue weighted by Gasteiger charge is 2.14. The van der Waals surface area contributed by atoms with E-state index in [0.717, 1.165) is 5.56 Å². The highest BCUT2D eigenvalue weighted by molar-refractivity contribution is 6.30. The van der Waals surface area contributed by atoms with Crippen LogP contribution in [0.4, 0.5) is 11.4 Å². The lowest BCUT2D eigenvalue weighted by Crippen LogP contribution is -2.14. The van der Waals surface area contributed by atoms with Crippen molar-refractivity contribution in [1.82, 2.24) is 5.16 Å². The molecule has 2 aromatic carbocycles. The molecule has 2 N–H and O–H groups in total. The first-order valence-electron chi connectivity index (χ1n) is 8.84. The molecule has 1 aromatic heterocycles. The maximum atomic E-state index is 12.4. The van der Waals surface area contributed by atoms with Gasteiger partial charge in [-0.3, -0.25) is 9.59 Å². The van der Waals surface area contributed by atoms with Crippen molar-refractivity contribution >= 4 is 34.8 Å². The highest BCUT2D eigenvalue weighted by atomic mass is 35.5. The second-order valence-electron chi connectivity index (χ2n) is 6.76. The molecular formula is C21H20ClN3O3. The molecule has 28 heavy (non-hydrogen) atoms. The van der Waals surface area contributed by atoms with Gasteiger partial charge in [0.2, 0.25) is 5.91 Å². The van der Waals surface area contributed by atoms with Gasteiger partial charge in [-0.05, 0) is 42.3 Å². The first-order valence-corrected chi connectivity index (χ1v) is 9.22. The number of nitrogens with zero attached hydrogens (tertiary/aromatic N) is 1. The second kappa shape index (κ2) is 8.71. The van der Waals surface area contributed by atoms with Crippen molar-refractivity contribution in [3.8, 4) is 11.3 Å². The number of hydrogen-bond donors (Lipinski definition) is 2. The Morgan fingerprint density at radius 2 is 1.71 bits per heavy atom. The molecule has 0 fully saturated rings. The molecule has 0 aliphatic rings. The van der Waals surface area contributed by atoms with Crippen molar-refractivity contribution in [2.45, 2.75) is 20.3 Å². The third-order valence-electron chi connectivity index (χ3n) is 3.87. The molecule has 0 aliphatic heterocycles. The molecule has 0 radical (unpaired) electrons. The number of amides is 2. The summed E-state index contributed by atoms with van der Waals surface area (Å²) in [5.41, 5.74) is 2.15. The van der Waals surface area contributed by atoms with E-state index in [1.54, 1.807) is 48.5 Å². The van der Waals surface area contributed by atoms with Gasteiger partial charge in [0.05, 0.1) is 0 Å². The predicted octanol–water partition coefficient (Wildman–Crippen LogP) is 5.23. The summed E-state index contributed by atoms with van der Waals surface area (Å²) in [7, 11) is 0. The minimum absolute atomic E-state index is 0.0390. The fourth-order valence-electron chi connectivity index (χ4n) is 2.57. The lowest BCUT2D eigenvalue weighted by molar-refractivity contribution is -0.116. The molecule has 0 saturated carbocycles. The second-order valence-corrected chi connectivity index (χ2v) is 7.20. The molecule has 0 bridgehead atoms. The van der Waals surface area contributed by atoms with Gasteiger partial charge in [0.25, 0.3) is 5.91 Å². The molecule has 0 saturated heterocycles. The zero-order valence-corrected chi connectivity index (χ0v) is 16.3. The molecular weight excluding hydrogens is 378 g/mol. The Kier molecular flexibility index (Phi) is 6.11. The summed E-state index contributed by atoms with van der Waals surface area (Å²) in [6, 6.07) is 15.5. The Morgan fingerprint density at radius 1 is 1.04 bits per heavy atom. The topological polar surface area (TPSA) is 84.2 Å². The number of rotatable bonds is 6. The van der Waals surface area contributed by atoms with Crippen LogP contribution >= 0.6 is 11.6 Å². The van der Waals surface area contributed by atoms with Crippen molar-refractivity contribution in [3.63, 3.8) is 0 Å². The zero-order valence-electron chi connectivity index (χ0n) is 15.5. The Labute approximate surface area is 167 Å². The van der Waals surface area contributed by atoms with Gasteiger partial charge in [0, 0.05) is 34.4 Å². The highest BCUT2D eigenvalue weighted by Crippen LogP contribution is 2.24. The van der Waals surface area contributed by atoms with Crippen LogP contribution in [0.1, 0.15) is 30.8 Å². The van der Waals surface area contributed by atoms with Crippen molar-refractivity contribution in [3.05, 3.63) is 65.3 Å². The number of nitrogens with one attached hydrogen (secondary N) is 2. The summed E-state index contributed by atoms with van der Waals surface area (Å²) in [6.45, 7) is 3.97. The molecule has 6 nitrogen and oxygen atoms in total. The van der Waals surface area contributed by atoms with E-state index in [4.69, 9.17) is 16.1 Å². The lowest BCUT2D eigenvalue weighted by Gasteiger charge is -2.08. The summed E-state index contributed by atoms with van der Waals surface area (Å²) in [6.07, 6.45) is 0.458. The van der Waals surface area contributed by atoms with E-state index in [9.17, 15) is 9.59 Å². The number of hydrogen-bond acceptors (Lipinski definition) is 4. The van der Waals surface area contributed by atoms with Gasteiger partial charge in [0.15, 0.2) is 11.5 Å². The van der Waals surface area contributed by atoms with E-state index in [1.165, 1.54) is 0 Å². The largest absolute Gasteiger partial charge is 0.355 e. The van der Waals surface area contributed by atoms with Crippen molar-refractivity contribution < 1.29 is 14.1 Å². The molecule has 3 aromatic rings. The van der Waals surface area contributed by atoms with Gasteiger partial charge in [-0.25, -0.2) is 0 Å². The average Bonchev–Trinajstić information content (AvgIpc) is 3.13. The molecule has 0 unspecified atom stereocenters. The van der Waals surface area contributed by atoms with E-state index >= 15 is 0 Å². The van der Waals surface area contributed by atoms with Crippen molar-refractivity contribution in [1.29, 1.82) is 0 Å². The van der Waals surface area contributed by atoms with Gasteiger partial charge in [-0.1, -0.05) is 42.7 Å². The van der Waals surface area contributed by atoms with E-state index < -0.39 is 5.91 Å². The molecule has 7 heteroatoms. The third kappa shape index (κ3) is 5.20. The number of benzene rings is 2. The summed E-state index contributed by atoms with van der Waals surface area (Å²) >= 11 is 5.97. The van der Waals surface area contributed by atoms with Crippen LogP contribution in [-0.2, 0) is 4.79 Å². The molecule has 0 aliphatic carbocycles. The molecule has 2 amide bonds. The molecule has 0 spiro atoms. The van der Waals surface area contributed by atoms with Crippen LogP contribution in [0, 0.1) is 5.92 Å². The summed E-state index contributed by atoms with van der Waals surface area (Å²) < 4.78 is 5.24. The zero-order chi connectivity index (χ0) is 20.1. The standard InChI is InChI=1S/C21H20ClN3O3/c1-13(2)10-20(26)23-16-6-8-17(9-7-16)24-21(27)18-12-19(28-25-18)14-4-3-5-15(22)11-14/h3-9,11-13H,10H2,1-2H3,(H,23,26)(H,24,27). The van der Waals surface area contributed by atoms with E-state index in [0.29, 0.717) is 28.6 Å². The quantitative estimate of drug-likeness (QED) is 0.596. The van der Waals surface area contributed by atoms with Crippen LogP contribution in [-0.4, -0.2) is 17.0 Å². The van der Waals surface area contributed by atoms with Crippen LogP contribution in [0.2, 0.25) is 5.02 Å². The van der Waals surface area contributed by atoms with Gasteiger partial charge < -0.3 is 15.2 Å². The number of carbonyl (C=O) groups is 2. The first-order chi connectivity index (χ1) is 13.4. The third-order valence-corrected chi connectivity index (χ3v) is 4.11. The Morgan fingerprint density at radius 3 is 2.36 bits per heavy atom. The number of aromatic nitrogens is 1. The van der Waals surface area contributed by atoms with Gasteiger partial charge in [-0.15, -0.1) is 0 Å². The molecule has 3 rings (SSSR count). The minimum atomic E-state index is -0.395. The van der Waals surface area contributed by atoms with Crippen molar-refractivity contribution in [2.75, 3.05) is 10.6 Å². The summed E-state index contributed by atoms with van der Waals surface area (Å²) in [5, 5.41) is 9.95. The summed E-state index contributed by atoms with van der Waals surface area (Å²) in [5.74, 6) is 0.310. The van der Waals surface area contributed by atoms with Gasteiger partial charge in [0.1, 0.15) is 0 Å². The Balaban J connectivity index is 1.63. The minimum Gasteiger partial charge on any atom is -0.355 e. The van der Waals surface area contributed by atoms with Crippen LogP contribution in [0.3, 0.4) is 0 Å². The van der Waals surface area contributed by atoms with E-state index in [2.05, 4.69) is 15.8 Å². The van der Waals surface area contributed by atoms with E-state index in [1.807, 2.05) is 19.9 Å². The van der Waals surface area contributed by atoms with Crippen LogP contribution in [0.25, 0.3) is 11.3 Å². The monoisotopic (exact) mass is 397 g/mol. The van der Waals surface area contributed by atoms with Gasteiger partial charge in [-0.2, -0.15) is 0 Å². The van der Waals surface area contributed by atoms with Crippen LogP contribution in [0.15, 0.2) is 59.1 Å². The van der Waals surface area contributed by atoms with E-state index in [-0.39, 0.29) is 17.5 Å². The van der Waals surface area contributed by atoms with Gasteiger partial charge >= 0.3 is 0 Å². The predicted molar refractivity (Wildman–Crippen MR) is 109 cm³/mol. The first kappa shape index (κ1) is 19.6. The summed E-state index contributed by atoms with van der Waals surface area (Å²) in [4.78, 5) is 24.2. The molecule has 144 valence electrons. The average molecular weight is 398 g/mol. The Hall–Kier alpha value is -3.12. The van der Waals surface area contributed by atoms with Crippen molar-refractivity contribution in [2.24, 2.45) is 5.92 Å². The molecule has 0 atom stereocenters. The number of anilines is 2. The smallest absolute Gasteiger partial charge is 0.277 e. The lowest BCUT2D eigenvalue weighted by atomic mass is 10.1. The fourth-order valence-corrected chi connectivity index (χ4v) is 2.77. The fraction of sp³-hybridized carbons (Fsp3) is 0.190. The SMILES string of the molecule is CC(C)CC(=O)Nc1ccc(NC(=O)c2cc(-c3cccc(Cl)c3)on2)cc1. The van der Waals surface area contributed by atoms with Crippen LogP contribution in [0.5, 0.6) is 0 Å². The Bertz CT molecular complexity index is 981. The molecule has 1 heterocycles. The maximum Gasteiger partial charge on any atom is 0.277 e. The maximum absolute atomic E-state index is 12.4. The number of halogens is 1. The number of carbonyl (C=O) groups excluding carboxylic acids is 2. The normalized spacial score (nSPS) is 10.7. The van der Waals surface area contributed by atoms with Crippen LogP contribution < -0.4 is 10.6 Å².